The summed E-state index contributed by atoms with van der Waals surface area (Å²) in [5.41, 5.74) is 0. The lowest BCUT2D eigenvalue weighted by atomic mass is 10.1. The predicted molar refractivity (Wildman–Crippen MR) is 73.0 cm³/mol. The van der Waals surface area contributed by atoms with Crippen molar-refractivity contribution in [1.29, 1.82) is 0 Å². The second-order valence-electron chi connectivity index (χ2n) is 4.70. The Morgan fingerprint density at radius 1 is 1.29 bits per heavy atom. The van der Waals surface area contributed by atoms with E-state index in [4.69, 9.17) is 4.74 Å². The van der Waals surface area contributed by atoms with Crippen molar-refractivity contribution in [3.8, 4) is 5.88 Å². The van der Waals surface area contributed by atoms with Gasteiger partial charge in [0, 0.05) is 18.9 Å². The first kappa shape index (κ1) is 14.0. The van der Waals surface area contributed by atoms with Crippen LogP contribution in [0.25, 0.3) is 0 Å². The van der Waals surface area contributed by atoms with Crippen molar-refractivity contribution in [3.05, 3.63) is 31.1 Å². The van der Waals surface area contributed by atoms with Gasteiger partial charge in [0.05, 0.1) is 25.3 Å². The number of aromatic amines is 1. The minimum atomic E-state index is -3.54. The molecule has 0 aliphatic carbocycles. The standard InChI is InChI=1S/C12H15N5O3S/c18-21(19,12-7-14-9-16-12)17-5-1-2-10(8-17)20-11-6-13-3-4-15-11/h3-4,6-7,9-10H,1-2,5,8H2,(H,14,16). The Kier molecular flexibility index (Phi) is 3.84. The van der Waals surface area contributed by atoms with E-state index >= 15 is 0 Å². The van der Waals surface area contributed by atoms with E-state index in [2.05, 4.69) is 19.9 Å². The molecule has 1 unspecified atom stereocenters. The molecule has 1 saturated heterocycles. The zero-order chi connectivity index (χ0) is 14.7. The number of rotatable bonds is 4. The van der Waals surface area contributed by atoms with E-state index in [-0.39, 0.29) is 17.7 Å². The number of hydrogen-bond donors (Lipinski definition) is 1. The summed E-state index contributed by atoms with van der Waals surface area (Å²) in [5.74, 6) is 0.406. The van der Waals surface area contributed by atoms with Gasteiger partial charge in [-0.25, -0.2) is 18.4 Å². The summed E-state index contributed by atoms with van der Waals surface area (Å²) < 4.78 is 31.9. The van der Waals surface area contributed by atoms with Gasteiger partial charge in [-0.1, -0.05) is 0 Å². The number of aromatic nitrogens is 4. The van der Waals surface area contributed by atoms with Crippen molar-refractivity contribution in [1.82, 2.24) is 24.2 Å². The van der Waals surface area contributed by atoms with Gasteiger partial charge in [0.1, 0.15) is 6.10 Å². The van der Waals surface area contributed by atoms with Gasteiger partial charge in [-0.05, 0) is 12.8 Å². The molecule has 21 heavy (non-hydrogen) atoms. The predicted octanol–water partition coefficient (Wildman–Crippen LogP) is 0.432. The maximum absolute atomic E-state index is 12.4. The molecule has 0 bridgehead atoms. The number of sulfonamides is 1. The first-order chi connectivity index (χ1) is 10.2. The topological polar surface area (TPSA) is 101 Å². The van der Waals surface area contributed by atoms with Crippen molar-refractivity contribution in [2.75, 3.05) is 13.1 Å². The van der Waals surface area contributed by atoms with Crippen LogP contribution in [-0.2, 0) is 10.0 Å². The summed E-state index contributed by atoms with van der Waals surface area (Å²) in [6.45, 7) is 0.764. The van der Waals surface area contributed by atoms with Crippen molar-refractivity contribution in [2.24, 2.45) is 0 Å². The lowest BCUT2D eigenvalue weighted by molar-refractivity contribution is 0.124. The lowest BCUT2D eigenvalue weighted by Gasteiger charge is -2.31. The molecule has 0 radical (unpaired) electrons. The molecule has 2 aromatic rings. The third-order valence-corrected chi connectivity index (χ3v) is 5.05. The number of nitrogens with zero attached hydrogens (tertiary/aromatic N) is 4. The summed E-state index contributed by atoms with van der Waals surface area (Å²) in [6.07, 6.45) is 8.56. The summed E-state index contributed by atoms with van der Waals surface area (Å²) >= 11 is 0. The van der Waals surface area contributed by atoms with Crippen LogP contribution in [0.5, 0.6) is 5.88 Å². The highest BCUT2D eigenvalue weighted by atomic mass is 32.2. The van der Waals surface area contributed by atoms with E-state index in [1.807, 2.05) is 0 Å². The molecule has 112 valence electrons. The SMILES string of the molecule is O=S(=O)(c1cnc[nH]1)N1CCCC(Oc2cnccn2)C1. The molecule has 0 amide bonds. The van der Waals surface area contributed by atoms with E-state index in [1.54, 1.807) is 6.20 Å². The third kappa shape index (κ3) is 3.03. The van der Waals surface area contributed by atoms with Gasteiger partial charge in [-0.2, -0.15) is 4.31 Å². The normalized spacial score (nSPS) is 20.3. The number of H-pyrrole nitrogens is 1. The molecule has 3 rings (SSSR count). The molecule has 0 aromatic carbocycles. The van der Waals surface area contributed by atoms with Crippen molar-refractivity contribution in [3.63, 3.8) is 0 Å². The van der Waals surface area contributed by atoms with Gasteiger partial charge in [0.2, 0.25) is 5.88 Å². The molecule has 1 N–H and O–H groups in total. The number of imidazole rings is 1. The Hall–Kier alpha value is -2.00. The van der Waals surface area contributed by atoms with E-state index in [0.717, 1.165) is 12.8 Å². The lowest BCUT2D eigenvalue weighted by Crippen LogP contribution is -2.44. The first-order valence-corrected chi connectivity index (χ1v) is 8.01. The van der Waals surface area contributed by atoms with Crippen LogP contribution in [0.2, 0.25) is 0 Å². The minimum Gasteiger partial charge on any atom is -0.472 e. The molecular formula is C12H15N5O3S. The monoisotopic (exact) mass is 309 g/mol. The Labute approximate surface area is 122 Å². The second-order valence-corrected chi connectivity index (χ2v) is 6.61. The Morgan fingerprint density at radius 3 is 2.90 bits per heavy atom. The first-order valence-electron chi connectivity index (χ1n) is 6.57. The minimum absolute atomic E-state index is 0.0997. The van der Waals surface area contributed by atoms with Crippen LogP contribution in [0.4, 0.5) is 0 Å². The van der Waals surface area contributed by atoms with Crippen molar-refractivity contribution in [2.45, 2.75) is 24.0 Å². The summed E-state index contributed by atoms with van der Waals surface area (Å²) in [5, 5.41) is 0.0997. The average Bonchev–Trinajstić information content (AvgIpc) is 3.04. The van der Waals surface area contributed by atoms with E-state index in [0.29, 0.717) is 12.4 Å². The van der Waals surface area contributed by atoms with Crippen LogP contribution >= 0.6 is 0 Å². The molecule has 1 atom stereocenters. The quantitative estimate of drug-likeness (QED) is 0.879. The third-order valence-electron chi connectivity index (χ3n) is 3.26. The van der Waals surface area contributed by atoms with Gasteiger partial charge in [0.15, 0.2) is 5.03 Å². The van der Waals surface area contributed by atoms with Gasteiger partial charge >= 0.3 is 0 Å². The van der Waals surface area contributed by atoms with Crippen LogP contribution in [0.1, 0.15) is 12.8 Å². The maximum atomic E-state index is 12.4. The molecule has 1 fully saturated rings. The van der Waals surface area contributed by atoms with Gasteiger partial charge in [-0.3, -0.25) is 4.98 Å². The molecule has 0 spiro atoms. The van der Waals surface area contributed by atoms with Crippen molar-refractivity contribution >= 4 is 10.0 Å². The van der Waals surface area contributed by atoms with E-state index < -0.39 is 10.0 Å². The number of nitrogens with one attached hydrogen (secondary N) is 1. The van der Waals surface area contributed by atoms with Crippen LogP contribution < -0.4 is 4.74 Å². The molecule has 2 aromatic heterocycles. The Bertz CT molecular complexity index is 674. The number of ether oxygens (including phenoxy) is 1. The molecule has 1 aliphatic heterocycles. The highest BCUT2D eigenvalue weighted by Gasteiger charge is 2.32. The molecule has 9 heteroatoms. The summed E-state index contributed by atoms with van der Waals surface area (Å²) in [7, 11) is -3.54. The number of hydrogen-bond acceptors (Lipinski definition) is 6. The summed E-state index contributed by atoms with van der Waals surface area (Å²) in [4.78, 5) is 14.4. The largest absolute Gasteiger partial charge is 0.472 e. The molecule has 0 saturated carbocycles. The maximum Gasteiger partial charge on any atom is 0.260 e. The smallest absolute Gasteiger partial charge is 0.260 e. The van der Waals surface area contributed by atoms with Crippen LogP contribution in [0.3, 0.4) is 0 Å². The van der Waals surface area contributed by atoms with Crippen LogP contribution in [0.15, 0.2) is 36.1 Å². The second kappa shape index (κ2) is 5.78. The number of piperidine rings is 1. The van der Waals surface area contributed by atoms with Gasteiger partial charge in [0.25, 0.3) is 10.0 Å². The summed E-state index contributed by atoms with van der Waals surface area (Å²) in [6, 6.07) is 0. The van der Waals surface area contributed by atoms with Crippen molar-refractivity contribution < 1.29 is 13.2 Å². The molecule has 1 aliphatic rings. The molecular weight excluding hydrogens is 294 g/mol. The van der Waals surface area contributed by atoms with Crippen LogP contribution in [-0.4, -0.2) is 51.9 Å². The van der Waals surface area contributed by atoms with E-state index in [1.165, 1.54) is 29.2 Å². The zero-order valence-electron chi connectivity index (χ0n) is 11.2. The average molecular weight is 309 g/mol. The highest BCUT2D eigenvalue weighted by Crippen LogP contribution is 2.21. The fourth-order valence-electron chi connectivity index (χ4n) is 2.26. The molecule has 3 heterocycles. The van der Waals surface area contributed by atoms with Gasteiger partial charge < -0.3 is 9.72 Å². The highest BCUT2D eigenvalue weighted by molar-refractivity contribution is 7.89. The Balaban J connectivity index is 1.71. The van der Waals surface area contributed by atoms with E-state index in [9.17, 15) is 8.42 Å². The van der Waals surface area contributed by atoms with Gasteiger partial charge in [-0.15, -0.1) is 0 Å². The molecule has 8 nitrogen and oxygen atoms in total. The fourth-order valence-corrected chi connectivity index (χ4v) is 3.67. The zero-order valence-corrected chi connectivity index (χ0v) is 12.0. The fraction of sp³-hybridized carbons (Fsp3) is 0.417. The van der Waals surface area contributed by atoms with Crippen LogP contribution in [0, 0.1) is 0 Å². The Morgan fingerprint density at radius 2 is 2.19 bits per heavy atom.